The topological polar surface area (TPSA) is 41.8 Å². The van der Waals surface area contributed by atoms with Crippen LogP contribution in [-0.4, -0.2) is 23.1 Å². The standard InChI is InChI=1S/C31H53NO2/c1-21(2)7-6-8-22(3)26-11-12-27-25-10-9-23-19-31(16-13-24(34-31)20-32-33)18-17-29(23,4)28(25)14-15-30(26,27)5/h20-28,33H,6-19H2,1-5H3/b32-20+/t22-,23+,24?,25+,26-,27+,28+,29+,30-,31-/m1/s1. The summed E-state index contributed by atoms with van der Waals surface area (Å²) in [4.78, 5) is 0. The first kappa shape index (κ1) is 25.1. The van der Waals surface area contributed by atoms with E-state index in [9.17, 15) is 0 Å². The Balaban J connectivity index is 1.26. The van der Waals surface area contributed by atoms with Crippen molar-refractivity contribution in [3.63, 3.8) is 0 Å². The van der Waals surface area contributed by atoms with Gasteiger partial charge in [-0.05, 0) is 123 Å². The van der Waals surface area contributed by atoms with Gasteiger partial charge < -0.3 is 9.94 Å². The van der Waals surface area contributed by atoms with Gasteiger partial charge in [0.2, 0.25) is 0 Å². The van der Waals surface area contributed by atoms with Crippen LogP contribution in [-0.2, 0) is 4.74 Å². The minimum Gasteiger partial charge on any atom is -0.411 e. The zero-order chi connectivity index (χ0) is 24.1. The lowest BCUT2D eigenvalue weighted by molar-refractivity contribution is -0.159. The quantitative estimate of drug-likeness (QED) is 0.240. The lowest BCUT2D eigenvalue weighted by Gasteiger charge is -2.62. The molecule has 1 spiro atoms. The van der Waals surface area contributed by atoms with Crippen molar-refractivity contribution in [3.05, 3.63) is 0 Å². The third kappa shape index (κ3) is 4.18. The van der Waals surface area contributed by atoms with Crippen molar-refractivity contribution in [1.29, 1.82) is 0 Å². The van der Waals surface area contributed by atoms with E-state index >= 15 is 0 Å². The molecule has 1 heterocycles. The van der Waals surface area contributed by atoms with Crippen LogP contribution in [0.2, 0.25) is 0 Å². The SMILES string of the molecule is CC(C)CCC[C@@H](C)[C@H]1CC[C@H]2[C@@H]3CC[C@H]4C[C@@]5(CCC(/C=N/O)O5)CC[C@]4(C)[C@H]3CC[C@]12C. The summed E-state index contributed by atoms with van der Waals surface area (Å²) in [6.45, 7) is 12.8. The Labute approximate surface area is 209 Å². The molecule has 1 aliphatic heterocycles. The molecule has 0 radical (unpaired) electrons. The largest absolute Gasteiger partial charge is 0.411 e. The summed E-state index contributed by atoms with van der Waals surface area (Å²) in [5, 5.41) is 12.2. The van der Waals surface area contributed by atoms with Gasteiger partial charge in [-0.2, -0.15) is 0 Å². The van der Waals surface area contributed by atoms with Gasteiger partial charge in [-0.3, -0.25) is 0 Å². The van der Waals surface area contributed by atoms with Gasteiger partial charge in [-0.25, -0.2) is 0 Å². The third-order valence-electron chi connectivity index (χ3n) is 12.5. The van der Waals surface area contributed by atoms with E-state index in [-0.39, 0.29) is 11.7 Å². The van der Waals surface area contributed by atoms with E-state index in [1.54, 1.807) is 6.21 Å². The number of ether oxygens (including phenoxy) is 1. The number of hydrogen-bond donors (Lipinski definition) is 1. The minimum atomic E-state index is 0.0269. The van der Waals surface area contributed by atoms with Crippen LogP contribution in [0.5, 0.6) is 0 Å². The maximum absolute atomic E-state index is 8.97. The smallest absolute Gasteiger partial charge is 0.0967 e. The molecule has 3 heteroatoms. The van der Waals surface area contributed by atoms with E-state index in [1.165, 1.54) is 77.0 Å². The fourth-order valence-electron chi connectivity index (χ4n) is 10.7. The van der Waals surface area contributed by atoms with Gasteiger partial charge in [0.15, 0.2) is 0 Å². The van der Waals surface area contributed by atoms with Gasteiger partial charge in [-0.1, -0.05) is 59.0 Å². The molecule has 4 saturated carbocycles. The lowest BCUT2D eigenvalue weighted by Crippen LogP contribution is -2.56. The highest BCUT2D eigenvalue weighted by atomic mass is 16.5. The van der Waals surface area contributed by atoms with Gasteiger partial charge in [-0.15, -0.1) is 0 Å². The van der Waals surface area contributed by atoms with E-state index < -0.39 is 0 Å². The first-order valence-electron chi connectivity index (χ1n) is 15.1. The van der Waals surface area contributed by atoms with Crippen molar-refractivity contribution < 1.29 is 9.94 Å². The second-order valence-electron chi connectivity index (χ2n) is 14.5. The molecule has 194 valence electrons. The number of rotatable bonds is 6. The van der Waals surface area contributed by atoms with Crippen molar-refractivity contribution >= 4 is 6.21 Å². The number of oxime groups is 1. The Morgan fingerprint density at radius 3 is 2.44 bits per heavy atom. The predicted molar refractivity (Wildman–Crippen MR) is 140 cm³/mol. The Kier molecular flexibility index (Phi) is 6.93. The zero-order valence-corrected chi connectivity index (χ0v) is 22.9. The molecule has 0 bridgehead atoms. The van der Waals surface area contributed by atoms with Crippen molar-refractivity contribution in [2.75, 3.05) is 0 Å². The van der Waals surface area contributed by atoms with E-state index in [0.29, 0.717) is 10.8 Å². The van der Waals surface area contributed by atoms with Crippen LogP contribution >= 0.6 is 0 Å². The average Bonchev–Trinajstić information content (AvgIpc) is 3.35. The predicted octanol–water partition coefficient (Wildman–Crippen LogP) is 8.49. The van der Waals surface area contributed by atoms with Crippen LogP contribution in [0.3, 0.4) is 0 Å². The Morgan fingerprint density at radius 1 is 0.882 bits per heavy atom. The summed E-state index contributed by atoms with van der Waals surface area (Å²) >= 11 is 0. The van der Waals surface area contributed by atoms with Gasteiger partial charge in [0.25, 0.3) is 0 Å². The molecule has 1 N–H and O–H groups in total. The van der Waals surface area contributed by atoms with E-state index in [1.807, 2.05) is 0 Å². The van der Waals surface area contributed by atoms with Gasteiger partial charge >= 0.3 is 0 Å². The number of hydrogen-bond acceptors (Lipinski definition) is 3. The summed E-state index contributed by atoms with van der Waals surface area (Å²) in [5.74, 6) is 6.43. The van der Waals surface area contributed by atoms with Crippen molar-refractivity contribution in [3.8, 4) is 0 Å². The molecule has 1 saturated heterocycles. The average molecular weight is 472 g/mol. The number of nitrogens with zero attached hydrogens (tertiary/aromatic N) is 1. The van der Waals surface area contributed by atoms with Crippen molar-refractivity contribution in [2.24, 2.45) is 57.4 Å². The van der Waals surface area contributed by atoms with Crippen LogP contribution in [0.1, 0.15) is 125 Å². The first-order valence-corrected chi connectivity index (χ1v) is 15.1. The van der Waals surface area contributed by atoms with Gasteiger partial charge in [0.05, 0.1) is 17.9 Å². The van der Waals surface area contributed by atoms with Crippen LogP contribution < -0.4 is 0 Å². The van der Waals surface area contributed by atoms with E-state index in [4.69, 9.17) is 9.94 Å². The summed E-state index contributed by atoms with van der Waals surface area (Å²) in [7, 11) is 0. The monoisotopic (exact) mass is 471 g/mol. The summed E-state index contributed by atoms with van der Waals surface area (Å²) in [6, 6.07) is 0. The molecule has 1 unspecified atom stereocenters. The molecule has 4 aliphatic carbocycles. The van der Waals surface area contributed by atoms with E-state index in [0.717, 1.165) is 54.3 Å². The maximum Gasteiger partial charge on any atom is 0.0967 e. The molecule has 5 fully saturated rings. The Morgan fingerprint density at radius 2 is 1.68 bits per heavy atom. The van der Waals surface area contributed by atoms with Gasteiger partial charge in [0, 0.05) is 0 Å². The highest BCUT2D eigenvalue weighted by molar-refractivity contribution is 5.62. The molecule has 34 heavy (non-hydrogen) atoms. The molecular weight excluding hydrogens is 418 g/mol. The second-order valence-corrected chi connectivity index (χ2v) is 14.5. The lowest BCUT2D eigenvalue weighted by atomic mass is 9.43. The normalized spacial score (nSPS) is 49.4. The first-order chi connectivity index (χ1) is 16.2. The highest BCUT2D eigenvalue weighted by Gasteiger charge is 2.62. The fourth-order valence-corrected chi connectivity index (χ4v) is 10.7. The molecule has 0 aromatic carbocycles. The van der Waals surface area contributed by atoms with Crippen molar-refractivity contribution in [2.45, 2.75) is 136 Å². The number of fused-ring (bicyclic) bond motifs is 5. The van der Waals surface area contributed by atoms with Crippen LogP contribution in [0.25, 0.3) is 0 Å². The zero-order valence-electron chi connectivity index (χ0n) is 22.9. The Hall–Kier alpha value is -0.570. The van der Waals surface area contributed by atoms with Crippen molar-refractivity contribution in [1.82, 2.24) is 0 Å². The maximum atomic E-state index is 8.97. The second kappa shape index (κ2) is 9.38. The summed E-state index contributed by atoms with van der Waals surface area (Å²) < 4.78 is 6.52. The Bertz CT molecular complexity index is 750. The summed E-state index contributed by atoms with van der Waals surface area (Å²) in [5.41, 5.74) is 1.18. The molecule has 0 aromatic heterocycles. The van der Waals surface area contributed by atoms with E-state index in [2.05, 4.69) is 39.8 Å². The van der Waals surface area contributed by atoms with Crippen LogP contribution in [0, 0.1) is 52.3 Å². The van der Waals surface area contributed by atoms with Gasteiger partial charge in [0.1, 0.15) is 0 Å². The minimum absolute atomic E-state index is 0.0269. The molecule has 3 nitrogen and oxygen atoms in total. The fraction of sp³-hybridized carbons (Fsp3) is 0.968. The highest BCUT2D eigenvalue weighted by Crippen LogP contribution is 2.69. The molecule has 0 aromatic rings. The molecule has 10 atom stereocenters. The summed E-state index contributed by atoms with van der Waals surface area (Å²) in [6.07, 6.45) is 20.8. The molecular formula is C31H53NO2. The molecule has 5 aliphatic rings. The third-order valence-corrected chi connectivity index (χ3v) is 12.5. The van der Waals surface area contributed by atoms with Crippen LogP contribution in [0.4, 0.5) is 0 Å². The molecule has 0 amide bonds. The van der Waals surface area contributed by atoms with Crippen LogP contribution in [0.15, 0.2) is 5.16 Å². The molecule has 5 rings (SSSR count).